The van der Waals surface area contributed by atoms with Crippen molar-refractivity contribution in [3.05, 3.63) is 35.4 Å². The molecule has 1 aliphatic heterocycles. The van der Waals surface area contributed by atoms with Crippen LogP contribution in [0.3, 0.4) is 0 Å². The number of benzene rings is 1. The van der Waals surface area contributed by atoms with Crippen LogP contribution >= 0.6 is 0 Å². The summed E-state index contributed by atoms with van der Waals surface area (Å²) in [4.78, 5) is 2.61. The number of rotatable bonds is 6. The average molecular weight is 272 g/mol. The van der Waals surface area contributed by atoms with Crippen molar-refractivity contribution in [2.24, 2.45) is 0 Å². The predicted octanol–water partition coefficient (Wildman–Crippen LogP) is 3.53. The van der Waals surface area contributed by atoms with Crippen molar-refractivity contribution >= 4 is 0 Å². The third-order valence-electron chi connectivity index (χ3n) is 4.64. The van der Waals surface area contributed by atoms with E-state index >= 15 is 0 Å². The Labute approximate surface area is 123 Å². The van der Waals surface area contributed by atoms with Crippen LogP contribution in [0, 0.1) is 0 Å². The SMILES string of the molecule is CC(CN1CCCCC1)NCc1cccc(C2CC2)c1. The third-order valence-corrected chi connectivity index (χ3v) is 4.64. The second-order valence-electron chi connectivity index (χ2n) is 6.66. The average Bonchev–Trinajstić information content (AvgIpc) is 3.31. The number of piperidine rings is 1. The van der Waals surface area contributed by atoms with Crippen molar-refractivity contribution in [2.45, 2.75) is 57.5 Å². The van der Waals surface area contributed by atoms with Crippen LogP contribution in [0.4, 0.5) is 0 Å². The predicted molar refractivity (Wildman–Crippen MR) is 85.0 cm³/mol. The number of nitrogens with zero attached hydrogens (tertiary/aromatic N) is 1. The molecule has 1 aromatic rings. The van der Waals surface area contributed by atoms with Crippen LogP contribution < -0.4 is 5.32 Å². The number of nitrogens with one attached hydrogen (secondary N) is 1. The topological polar surface area (TPSA) is 15.3 Å². The van der Waals surface area contributed by atoms with Gasteiger partial charge in [0.05, 0.1) is 0 Å². The summed E-state index contributed by atoms with van der Waals surface area (Å²) in [6, 6.07) is 9.75. The molecule has 2 aliphatic rings. The first kappa shape index (κ1) is 14.1. The van der Waals surface area contributed by atoms with E-state index in [1.165, 1.54) is 57.3 Å². The van der Waals surface area contributed by atoms with E-state index in [4.69, 9.17) is 0 Å². The maximum atomic E-state index is 3.69. The smallest absolute Gasteiger partial charge is 0.0208 e. The summed E-state index contributed by atoms with van der Waals surface area (Å²) in [7, 11) is 0. The molecular weight excluding hydrogens is 244 g/mol. The van der Waals surface area contributed by atoms with Crippen LogP contribution in [-0.4, -0.2) is 30.6 Å². The van der Waals surface area contributed by atoms with E-state index in [0.717, 1.165) is 12.5 Å². The molecule has 0 spiro atoms. The molecule has 0 radical (unpaired) electrons. The second-order valence-corrected chi connectivity index (χ2v) is 6.66. The summed E-state index contributed by atoms with van der Waals surface area (Å²) in [5.41, 5.74) is 2.99. The Kier molecular flexibility index (Phi) is 4.74. The summed E-state index contributed by atoms with van der Waals surface area (Å²) in [5.74, 6) is 0.862. The molecule has 1 N–H and O–H groups in total. The van der Waals surface area contributed by atoms with Gasteiger partial charge >= 0.3 is 0 Å². The first-order valence-corrected chi connectivity index (χ1v) is 8.36. The van der Waals surface area contributed by atoms with Gasteiger partial charge in [0.1, 0.15) is 0 Å². The lowest BCUT2D eigenvalue weighted by atomic mass is 10.1. The molecule has 3 rings (SSSR count). The highest BCUT2D eigenvalue weighted by Gasteiger charge is 2.23. The molecule has 110 valence electrons. The van der Waals surface area contributed by atoms with E-state index in [1.807, 2.05) is 0 Å². The fourth-order valence-corrected chi connectivity index (χ4v) is 3.26. The van der Waals surface area contributed by atoms with Gasteiger partial charge in [0, 0.05) is 19.1 Å². The normalized spacial score (nSPS) is 21.9. The maximum absolute atomic E-state index is 3.69. The summed E-state index contributed by atoms with van der Waals surface area (Å²) >= 11 is 0. The van der Waals surface area contributed by atoms with Gasteiger partial charge in [-0.05, 0) is 62.7 Å². The fraction of sp³-hybridized carbons (Fsp3) is 0.667. The molecule has 1 atom stereocenters. The van der Waals surface area contributed by atoms with Crippen molar-refractivity contribution in [3.63, 3.8) is 0 Å². The second kappa shape index (κ2) is 6.73. The zero-order chi connectivity index (χ0) is 13.8. The standard InChI is InChI=1S/C18H28N2/c1-15(14-20-10-3-2-4-11-20)19-13-16-6-5-7-18(12-16)17-8-9-17/h5-7,12,15,17,19H,2-4,8-11,13-14H2,1H3. The van der Waals surface area contributed by atoms with Gasteiger partial charge < -0.3 is 10.2 Å². The molecule has 0 amide bonds. The van der Waals surface area contributed by atoms with Gasteiger partial charge in [-0.3, -0.25) is 0 Å². The first-order chi connectivity index (χ1) is 9.81. The van der Waals surface area contributed by atoms with Crippen LogP contribution in [0.2, 0.25) is 0 Å². The number of likely N-dealkylation sites (tertiary alicyclic amines) is 1. The molecule has 0 aromatic heterocycles. The zero-order valence-corrected chi connectivity index (χ0v) is 12.8. The molecule has 1 aromatic carbocycles. The zero-order valence-electron chi connectivity index (χ0n) is 12.8. The molecule has 0 bridgehead atoms. The minimum absolute atomic E-state index is 0.581. The Morgan fingerprint density at radius 2 is 2.00 bits per heavy atom. The molecule has 1 heterocycles. The van der Waals surface area contributed by atoms with Crippen molar-refractivity contribution < 1.29 is 0 Å². The monoisotopic (exact) mass is 272 g/mol. The van der Waals surface area contributed by atoms with Gasteiger partial charge in [-0.15, -0.1) is 0 Å². The highest BCUT2D eigenvalue weighted by molar-refractivity contribution is 5.29. The van der Waals surface area contributed by atoms with Gasteiger partial charge in [0.15, 0.2) is 0 Å². The highest BCUT2D eigenvalue weighted by Crippen LogP contribution is 2.40. The van der Waals surface area contributed by atoms with E-state index in [2.05, 4.69) is 41.4 Å². The number of hydrogen-bond acceptors (Lipinski definition) is 2. The summed E-state index contributed by atoms with van der Waals surface area (Å²) in [6.07, 6.45) is 6.98. The third kappa shape index (κ3) is 4.07. The van der Waals surface area contributed by atoms with Gasteiger partial charge in [0.2, 0.25) is 0 Å². The molecule has 1 unspecified atom stereocenters. The minimum atomic E-state index is 0.581. The van der Waals surface area contributed by atoms with Crippen LogP contribution in [0.15, 0.2) is 24.3 Å². The molecule has 1 saturated carbocycles. The largest absolute Gasteiger partial charge is 0.309 e. The molecular formula is C18H28N2. The summed E-state index contributed by atoms with van der Waals surface area (Å²) < 4.78 is 0. The van der Waals surface area contributed by atoms with E-state index < -0.39 is 0 Å². The van der Waals surface area contributed by atoms with E-state index in [1.54, 1.807) is 5.56 Å². The summed E-state index contributed by atoms with van der Waals surface area (Å²) in [6.45, 7) is 7.11. The lowest BCUT2D eigenvalue weighted by Gasteiger charge is -2.29. The Bertz CT molecular complexity index is 419. The van der Waals surface area contributed by atoms with Crippen LogP contribution in [0.25, 0.3) is 0 Å². The molecule has 1 aliphatic carbocycles. The molecule has 2 fully saturated rings. The van der Waals surface area contributed by atoms with Gasteiger partial charge in [-0.25, -0.2) is 0 Å². The molecule has 2 heteroatoms. The maximum Gasteiger partial charge on any atom is 0.0208 e. The highest BCUT2D eigenvalue weighted by atomic mass is 15.1. The number of hydrogen-bond donors (Lipinski definition) is 1. The summed E-state index contributed by atoms with van der Waals surface area (Å²) in [5, 5.41) is 3.69. The van der Waals surface area contributed by atoms with Crippen LogP contribution in [-0.2, 0) is 6.54 Å². The molecule has 20 heavy (non-hydrogen) atoms. The van der Waals surface area contributed by atoms with Crippen LogP contribution in [0.5, 0.6) is 0 Å². The molecule has 2 nitrogen and oxygen atoms in total. The first-order valence-electron chi connectivity index (χ1n) is 8.36. The van der Waals surface area contributed by atoms with Crippen molar-refractivity contribution in [1.29, 1.82) is 0 Å². The minimum Gasteiger partial charge on any atom is -0.309 e. The van der Waals surface area contributed by atoms with Crippen molar-refractivity contribution in [3.8, 4) is 0 Å². The fourth-order valence-electron chi connectivity index (χ4n) is 3.26. The quantitative estimate of drug-likeness (QED) is 0.852. The van der Waals surface area contributed by atoms with Gasteiger partial charge in [-0.2, -0.15) is 0 Å². The van der Waals surface area contributed by atoms with Crippen molar-refractivity contribution in [2.75, 3.05) is 19.6 Å². The Morgan fingerprint density at radius 3 is 2.75 bits per heavy atom. The Balaban J connectivity index is 1.44. The van der Waals surface area contributed by atoms with E-state index in [0.29, 0.717) is 6.04 Å². The van der Waals surface area contributed by atoms with Gasteiger partial charge in [-0.1, -0.05) is 30.7 Å². The van der Waals surface area contributed by atoms with Gasteiger partial charge in [0.25, 0.3) is 0 Å². The van der Waals surface area contributed by atoms with Crippen molar-refractivity contribution in [1.82, 2.24) is 10.2 Å². The Morgan fingerprint density at radius 1 is 1.20 bits per heavy atom. The molecule has 1 saturated heterocycles. The van der Waals surface area contributed by atoms with E-state index in [-0.39, 0.29) is 0 Å². The van der Waals surface area contributed by atoms with Crippen LogP contribution in [0.1, 0.15) is 56.1 Å². The lowest BCUT2D eigenvalue weighted by Crippen LogP contribution is -2.41. The lowest BCUT2D eigenvalue weighted by molar-refractivity contribution is 0.209. The van der Waals surface area contributed by atoms with E-state index in [9.17, 15) is 0 Å². The Hall–Kier alpha value is -0.860.